The number of ether oxygens (including phenoxy) is 1. The Balaban J connectivity index is 1.88. The fourth-order valence-corrected chi connectivity index (χ4v) is 3.39. The Morgan fingerprint density at radius 1 is 1.17 bits per heavy atom. The van der Waals surface area contributed by atoms with Gasteiger partial charge in [0.2, 0.25) is 0 Å². The summed E-state index contributed by atoms with van der Waals surface area (Å²) in [5.41, 5.74) is 4.31. The Kier molecular flexibility index (Phi) is 5.77. The molecule has 0 aliphatic carbocycles. The first-order valence-corrected chi connectivity index (χ1v) is 8.19. The van der Waals surface area contributed by atoms with Crippen molar-refractivity contribution in [3.8, 4) is 0 Å². The first-order valence-electron chi connectivity index (χ1n) is 8.19. The Hall–Kier alpha value is -1.88. The number of quaternary nitrogens is 1. The van der Waals surface area contributed by atoms with Crippen molar-refractivity contribution in [2.24, 2.45) is 5.92 Å². The molecule has 1 saturated heterocycles. The second-order valence-electron chi connectivity index (χ2n) is 6.55. The van der Waals surface area contributed by atoms with E-state index in [0.29, 0.717) is 6.54 Å². The van der Waals surface area contributed by atoms with E-state index in [2.05, 4.69) is 24.4 Å². The van der Waals surface area contributed by atoms with E-state index < -0.39 is 0 Å². The molecule has 1 aliphatic rings. The number of carbonyl (C=O) groups is 2. The summed E-state index contributed by atoms with van der Waals surface area (Å²) >= 11 is 0. The van der Waals surface area contributed by atoms with Gasteiger partial charge in [0.15, 0.2) is 6.54 Å². The zero-order valence-electron chi connectivity index (χ0n) is 14.5. The molecule has 0 spiro atoms. The van der Waals surface area contributed by atoms with Gasteiger partial charge in [0, 0.05) is 18.5 Å². The smallest absolute Gasteiger partial charge is 0.309 e. The van der Waals surface area contributed by atoms with E-state index in [9.17, 15) is 9.59 Å². The van der Waals surface area contributed by atoms with Crippen molar-refractivity contribution in [2.45, 2.75) is 33.6 Å². The molecule has 1 aromatic carbocycles. The van der Waals surface area contributed by atoms with E-state index in [1.165, 1.54) is 17.6 Å². The summed E-state index contributed by atoms with van der Waals surface area (Å²) in [6, 6.07) is 4.16. The van der Waals surface area contributed by atoms with E-state index in [-0.39, 0.29) is 17.8 Å². The maximum atomic E-state index is 12.3. The van der Waals surface area contributed by atoms with Crippen molar-refractivity contribution in [1.82, 2.24) is 0 Å². The molecule has 1 amide bonds. The Labute approximate surface area is 138 Å². The van der Waals surface area contributed by atoms with Crippen LogP contribution in [0.25, 0.3) is 0 Å². The highest BCUT2D eigenvalue weighted by Gasteiger charge is 2.29. The molecule has 5 nitrogen and oxygen atoms in total. The normalized spacial score (nSPS) is 20.9. The lowest BCUT2D eigenvalue weighted by Gasteiger charge is -2.27. The molecule has 23 heavy (non-hydrogen) atoms. The lowest BCUT2D eigenvalue weighted by molar-refractivity contribution is -0.897. The number of nitrogens with one attached hydrogen (secondary N) is 2. The van der Waals surface area contributed by atoms with Crippen LogP contribution in [0.5, 0.6) is 0 Å². The average Bonchev–Trinajstić information content (AvgIpc) is 2.51. The number of likely N-dealkylation sites (tertiary alicyclic amines) is 1. The van der Waals surface area contributed by atoms with E-state index in [0.717, 1.165) is 42.7 Å². The maximum Gasteiger partial charge on any atom is 0.309 e. The molecule has 0 atom stereocenters. The van der Waals surface area contributed by atoms with Crippen LogP contribution in [0.4, 0.5) is 5.69 Å². The van der Waals surface area contributed by atoms with Crippen LogP contribution in [-0.2, 0) is 14.3 Å². The molecule has 0 radical (unpaired) electrons. The summed E-state index contributed by atoms with van der Waals surface area (Å²) in [4.78, 5) is 25.1. The molecule has 1 heterocycles. The van der Waals surface area contributed by atoms with Gasteiger partial charge in [-0.1, -0.05) is 17.7 Å². The minimum Gasteiger partial charge on any atom is -0.469 e. The van der Waals surface area contributed by atoms with E-state index in [4.69, 9.17) is 4.74 Å². The largest absolute Gasteiger partial charge is 0.469 e. The molecule has 5 heteroatoms. The van der Waals surface area contributed by atoms with E-state index >= 15 is 0 Å². The van der Waals surface area contributed by atoms with Crippen molar-refractivity contribution in [2.75, 3.05) is 32.1 Å². The maximum absolute atomic E-state index is 12.3. The second kappa shape index (κ2) is 7.59. The number of rotatable bonds is 4. The first-order chi connectivity index (χ1) is 10.9. The van der Waals surface area contributed by atoms with Gasteiger partial charge in [0.1, 0.15) is 0 Å². The predicted octanol–water partition coefficient (Wildman–Crippen LogP) is 1.02. The quantitative estimate of drug-likeness (QED) is 0.815. The predicted molar refractivity (Wildman–Crippen MR) is 89.6 cm³/mol. The molecular formula is C18H27N2O3+. The van der Waals surface area contributed by atoms with Gasteiger partial charge in [0.25, 0.3) is 5.91 Å². The minimum atomic E-state index is -0.126. The van der Waals surface area contributed by atoms with Gasteiger partial charge in [-0.2, -0.15) is 0 Å². The molecule has 1 fully saturated rings. The molecule has 0 aromatic heterocycles. The van der Waals surface area contributed by atoms with Gasteiger partial charge < -0.3 is 15.0 Å². The van der Waals surface area contributed by atoms with Crippen molar-refractivity contribution in [3.05, 3.63) is 28.8 Å². The van der Waals surface area contributed by atoms with Crippen LogP contribution >= 0.6 is 0 Å². The molecule has 126 valence electrons. The number of aryl methyl sites for hydroxylation is 3. The third-order valence-corrected chi connectivity index (χ3v) is 4.58. The van der Waals surface area contributed by atoms with Crippen LogP contribution in [0.15, 0.2) is 12.1 Å². The molecule has 2 rings (SSSR count). The highest BCUT2D eigenvalue weighted by Crippen LogP contribution is 2.21. The third-order valence-electron chi connectivity index (χ3n) is 4.58. The summed E-state index contributed by atoms with van der Waals surface area (Å²) < 4.78 is 4.79. The van der Waals surface area contributed by atoms with E-state index in [1.807, 2.05) is 13.8 Å². The molecule has 0 unspecified atom stereocenters. The summed E-state index contributed by atoms with van der Waals surface area (Å²) in [6.45, 7) is 8.20. The summed E-state index contributed by atoms with van der Waals surface area (Å²) in [7, 11) is 1.43. The standard InChI is InChI=1S/C18H26N2O3/c1-12-9-13(2)17(14(3)10-12)19-16(21)11-20-7-5-15(6-8-20)18(22)23-4/h9-10,15H,5-8,11H2,1-4H3,(H,19,21)/p+1. The summed E-state index contributed by atoms with van der Waals surface area (Å²) in [6.07, 6.45) is 1.58. The van der Waals surface area contributed by atoms with Gasteiger partial charge in [0.05, 0.1) is 26.1 Å². The van der Waals surface area contributed by atoms with Gasteiger partial charge >= 0.3 is 5.97 Å². The van der Waals surface area contributed by atoms with Crippen LogP contribution in [-0.4, -0.2) is 38.6 Å². The number of esters is 1. The molecule has 0 bridgehead atoms. The van der Waals surface area contributed by atoms with Gasteiger partial charge in [-0.3, -0.25) is 9.59 Å². The number of piperidine rings is 1. The second-order valence-corrected chi connectivity index (χ2v) is 6.55. The first kappa shape index (κ1) is 17.5. The van der Waals surface area contributed by atoms with Crippen LogP contribution in [0.3, 0.4) is 0 Å². The number of carbonyl (C=O) groups excluding carboxylic acids is 2. The van der Waals surface area contributed by atoms with Gasteiger partial charge in [-0.15, -0.1) is 0 Å². The van der Waals surface area contributed by atoms with Crippen molar-refractivity contribution < 1.29 is 19.2 Å². The van der Waals surface area contributed by atoms with E-state index in [1.54, 1.807) is 0 Å². The van der Waals surface area contributed by atoms with Gasteiger partial charge in [-0.25, -0.2) is 0 Å². The zero-order valence-corrected chi connectivity index (χ0v) is 14.5. The number of amides is 1. The SMILES string of the molecule is COC(=O)C1CC[NH+](CC(=O)Nc2c(C)cc(C)cc2C)CC1. The molecule has 0 saturated carbocycles. The topological polar surface area (TPSA) is 59.8 Å². The highest BCUT2D eigenvalue weighted by atomic mass is 16.5. The fraction of sp³-hybridized carbons (Fsp3) is 0.556. The van der Waals surface area contributed by atoms with Crippen LogP contribution < -0.4 is 10.2 Å². The minimum absolute atomic E-state index is 0.00611. The van der Waals surface area contributed by atoms with Crippen molar-refractivity contribution in [1.29, 1.82) is 0 Å². The van der Waals surface area contributed by atoms with Crippen molar-refractivity contribution in [3.63, 3.8) is 0 Å². The number of methoxy groups -OCH3 is 1. The van der Waals surface area contributed by atoms with Crippen LogP contribution in [0.1, 0.15) is 29.5 Å². The molecule has 1 aliphatic heterocycles. The zero-order chi connectivity index (χ0) is 17.0. The fourth-order valence-electron chi connectivity index (χ4n) is 3.39. The Morgan fingerprint density at radius 3 is 2.26 bits per heavy atom. The highest BCUT2D eigenvalue weighted by molar-refractivity contribution is 5.93. The Bertz CT molecular complexity index is 567. The monoisotopic (exact) mass is 319 g/mol. The van der Waals surface area contributed by atoms with Crippen molar-refractivity contribution >= 4 is 17.6 Å². The Morgan fingerprint density at radius 2 is 1.74 bits per heavy atom. The summed E-state index contributed by atoms with van der Waals surface area (Å²) in [5.74, 6) is -0.0978. The molecule has 1 aromatic rings. The van der Waals surface area contributed by atoms with Crippen LogP contribution in [0, 0.1) is 26.7 Å². The lowest BCUT2D eigenvalue weighted by atomic mass is 9.97. The number of hydrogen-bond donors (Lipinski definition) is 2. The molecular weight excluding hydrogens is 292 g/mol. The van der Waals surface area contributed by atoms with Crippen LogP contribution in [0.2, 0.25) is 0 Å². The lowest BCUT2D eigenvalue weighted by Crippen LogP contribution is -3.14. The molecule has 2 N–H and O–H groups in total. The third kappa shape index (κ3) is 4.55. The average molecular weight is 319 g/mol. The number of hydrogen-bond acceptors (Lipinski definition) is 3. The van der Waals surface area contributed by atoms with Gasteiger partial charge in [-0.05, 0) is 31.9 Å². The number of anilines is 1. The summed E-state index contributed by atoms with van der Waals surface area (Å²) in [5, 5.41) is 3.05. The number of benzene rings is 1.